The van der Waals surface area contributed by atoms with Gasteiger partial charge in [0.15, 0.2) is 0 Å². The molecule has 1 aromatic rings. The molecular formula is C18H28BN3O3. The smallest absolute Gasteiger partial charge is 0.475 e. The summed E-state index contributed by atoms with van der Waals surface area (Å²) in [5.41, 5.74) is 0.590. The van der Waals surface area contributed by atoms with Crippen molar-refractivity contribution in [1.29, 1.82) is 0 Å². The first-order chi connectivity index (χ1) is 11.7. The zero-order valence-corrected chi connectivity index (χ0v) is 16.1. The third kappa shape index (κ3) is 3.82. The Morgan fingerprint density at radius 3 is 2.44 bits per heavy atom. The molecule has 6 nitrogen and oxygen atoms in total. The van der Waals surface area contributed by atoms with Crippen LogP contribution in [-0.2, 0) is 9.31 Å². The van der Waals surface area contributed by atoms with Crippen molar-refractivity contribution in [3.05, 3.63) is 23.8 Å². The van der Waals surface area contributed by atoms with Crippen molar-refractivity contribution in [2.24, 2.45) is 0 Å². The van der Waals surface area contributed by atoms with Gasteiger partial charge in [0.2, 0.25) is 11.8 Å². The van der Waals surface area contributed by atoms with Crippen molar-refractivity contribution >= 4 is 13.1 Å². The van der Waals surface area contributed by atoms with E-state index in [-0.39, 0.29) is 24.4 Å². The zero-order chi connectivity index (χ0) is 18.2. The van der Waals surface area contributed by atoms with E-state index < -0.39 is 0 Å². The first-order valence-corrected chi connectivity index (χ1v) is 8.97. The van der Waals surface area contributed by atoms with Gasteiger partial charge >= 0.3 is 7.12 Å². The van der Waals surface area contributed by atoms with Crippen LogP contribution in [0.5, 0.6) is 5.88 Å². The molecule has 136 valence electrons. The molecule has 0 bridgehead atoms. The molecule has 1 aromatic heterocycles. The van der Waals surface area contributed by atoms with E-state index in [2.05, 4.69) is 48.6 Å². The van der Waals surface area contributed by atoms with Gasteiger partial charge in [0, 0.05) is 25.4 Å². The Labute approximate surface area is 150 Å². The SMILES string of the molecule is CC(C)Oc1ccnc(N2CC=C(B3OC(C)(C)C(C)(C)O3)CC2)n1. The van der Waals surface area contributed by atoms with E-state index in [1.54, 1.807) is 12.3 Å². The van der Waals surface area contributed by atoms with Crippen molar-refractivity contribution in [3.63, 3.8) is 0 Å². The molecule has 2 aliphatic heterocycles. The first-order valence-electron chi connectivity index (χ1n) is 8.97. The van der Waals surface area contributed by atoms with Crippen LogP contribution < -0.4 is 9.64 Å². The maximum absolute atomic E-state index is 6.15. The Kier molecular flexibility index (Phi) is 4.81. The second kappa shape index (κ2) is 6.61. The minimum Gasteiger partial charge on any atom is -0.475 e. The van der Waals surface area contributed by atoms with Gasteiger partial charge in [-0.25, -0.2) is 4.98 Å². The van der Waals surface area contributed by atoms with Crippen LogP contribution in [-0.4, -0.2) is 47.5 Å². The van der Waals surface area contributed by atoms with Crippen LogP contribution in [0.3, 0.4) is 0 Å². The van der Waals surface area contributed by atoms with E-state index in [1.165, 1.54) is 5.47 Å². The summed E-state index contributed by atoms with van der Waals surface area (Å²) < 4.78 is 18.0. The highest BCUT2D eigenvalue weighted by molar-refractivity contribution is 6.54. The fourth-order valence-electron chi connectivity index (χ4n) is 2.87. The van der Waals surface area contributed by atoms with Crippen LogP contribution in [0.2, 0.25) is 0 Å². The van der Waals surface area contributed by atoms with E-state index in [0.29, 0.717) is 11.8 Å². The van der Waals surface area contributed by atoms with Gasteiger partial charge in [-0.2, -0.15) is 4.98 Å². The van der Waals surface area contributed by atoms with Crippen LogP contribution >= 0.6 is 0 Å². The molecule has 0 N–H and O–H groups in total. The highest BCUT2D eigenvalue weighted by atomic mass is 16.7. The number of anilines is 1. The molecule has 3 heterocycles. The van der Waals surface area contributed by atoms with E-state index in [1.807, 2.05) is 13.8 Å². The number of hydrogen-bond acceptors (Lipinski definition) is 6. The fourth-order valence-corrected chi connectivity index (χ4v) is 2.87. The van der Waals surface area contributed by atoms with Crippen molar-refractivity contribution in [3.8, 4) is 5.88 Å². The number of nitrogens with zero attached hydrogens (tertiary/aromatic N) is 3. The molecule has 7 heteroatoms. The fraction of sp³-hybridized carbons (Fsp3) is 0.667. The molecule has 0 aromatic carbocycles. The molecule has 0 unspecified atom stereocenters. The Morgan fingerprint density at radius 2 is 1.88 bits per heavy atom. The first kappa shape index (κ1) is 18.2. The summed E-state index contributed by atoms with van der Waals surface area (Å²) in [5, 5.41) is 0. The van der Waals surface area contributed by atoms with Crippen LogP contribution in [0.4, 0.5) is 5.95 Å². The van der Waals surface area contributed by atoms with E-state index >= 15 is 0 Å². The van der Waals surface area contributed by atoms with Crippen LogP contribution in [0, 0.1) is 0 Å². The Balaban J connectivity index is 1.67. The molecular weight excluding hydrogens is 317 g/mol. The largest absolute Gasteiger partial charge is 0.490 e. The third-order valence-corrected chi connectivity index (χ3v) is 5.06. The lowest BCUT2D eigenvalue weighted by Gasteiger charge is -2.32. The molecule has 0 aliphatic carbocycles. The Bertz CT molecular complexity index is 645. The van der Waals surface area contributed by atoms with Gasteiger partial charge in [-0.15, -0.1) is 0 Å². The van der Waals surface area contributed by atoms with Crippen molar-refractivity contribution in [1.82, 2.24) is 9.97 Å². The maximum atomic E-state index is 6.15. The van der Waals surface area contributed by atoms with Crippen LogP contribution in [0.1, 0.15) is 48.0 Å². The second-order valence-electron chi connectivity index (χ2n) is 7.92. The summed E-state index contributed by atoms with van der Waals surface area (Å²) in [6.45, 7) is 13.9. The normalized spacial score (nSPS) is 22.3. The molecule has 1 saturated heterocycles. The van der Waals surface area contributed by atoms with Gasteiger partial charge < -0.3 is 18.9 Å². The molecule has 1 fully saturated rings. The zero-order valence-electron chi connectivity index (χ0n) is 16.1. The average Bonchev–Trinajstić information content (AvgIpc) is 2.75. The number of aromatic nitrogens is 2. The minimum absolute atomic E-state index is 0.0963. The van der Waals surface area contributed by atoms with Gasteiger partial charge in [-0.3, -0.25) is 0 Å². The van der Waals surface area contributed by atoms with E-state index in [0.717, 1.165) is 19.5 Å². The summed E-state index contributed by atoms with van der Waals surface area (Å²) in [6, 6.07) is 1.79. The predicted molar refractivity (Wildman–Crippen MR) is 98.8 cm³/mol. The lowest BCUT2D eigenvalue weighted by atomic mass is 9.75. The molecule has 0 saturated carbocycles. The van der Waals surface area contributed by atoms with Crippen LogP contribution in [0.15, 0.2) is 23.8 Å². The van der Waals surface area contributed by atoms with Gasteiger partial charge in [-0.05, 0) is 53.4 Å². The highest BCUT2D eigenvalue weighted by Gasteiger charge is 2.52. The van der Waals surface area contributed by atoms with Gasteiger partial charge in [0.1, 0.15) is 0 Å². The predicted octanol–water partition coefficient (Wildman–Crippen LogP) is 3.03. The molecule has 0 amide bonds. The summed E-state index contributed by atoms with van der Waals surface area (Å²) in [6.07, 6.45) is 4.88. The molecule has 2 aliphatic rings. The summed E-state index contributed by atoms with van der Waals surface area (Å²) in [4.78, 5) is 11.0. The van der Waals surface area contributed by atoms with E-state index in [4.69, 9.17) is 14.0 Å². The van der Waals surface area contributed by atoms with Crippen molar-refractivity contribution in [2.75, 3.05) is 18.0 Å². The van der Waals surface area contributed by atoms with Gasteiger partial charge in [0.25, 0.3) is 0 Å². The topological polar surface area (TPSA) is 56.7 Å². The van der Waals surface area contributed by atoms with Crippen LogP contribution in [0.25, 0.3) is 0 Å². The second-order valence-corrected chi connectivity index (χ2v) is 7.92. The molecule has 0 atom stereocenters. The van der Waals surface area contributed by atoms with E-state index in [9.17, 15) is 0 Å². The molecule has 3 rings (SSSR count). The number of hydrogen-bond donors (Lipinski definition) is 0. The lowest BCUT2D eigenvalue weighted by Crippen LogP contribution is -2.41. The number of ether oxygens (including phenoxy) is 1. The molecule has 0 spiro atoms. The van der Waals surface area contributed by atoms with Gasteiger partial charge in [-0.1, -0.05) is 6.08 Å². The summed E-state index contributed by atoms with van der Waals surface area (Å²) in [5.74, 6) is 1.31. The summed E-state index contributed by atoms with van der Waals surface area (Å²) in [7, 11) is -0.260. The monoisotopic (exact) mass is 345 g/mol. The third-order valence-electron chi connectivity index (χ3n) is 5.06. The quantitative estimate of drug-likeness (QED) is 0.782. The lowest BCUT2D eigenvalue weighted by molar-refractivity contribution is 0.00578. The highest BCUT2D eigenvalue weighted by Crippen LogP contribution is 2.39. The van der Waals surface area contributed by atoms with Crippen molar-refractivity contribution < 1.29 is 14.0 Å². The number of rotatable bonds is 4. The Hall–Kier alpha value is -1.60. The van der Waals surface area contributed by atoms with Gasteiger partial charge in [0.05, 0.1) is 17.3 Å². The standard InChI is InChI=1S/C18H28BN3O3/c1-13(2)23-15-7-10-20-16(21-15)22-11-8-14(9-12-22)19-24-17(3,4)18(5,6)25-19/h7-8,10,13H,9,11-12H2,1-6H3. The average molecular weight is 345 g/mol. The van der Waals surface area contributed by atoms with Crippen molar-refractivity contribution in [2.45, 2.75) is 65.3 Å². The molecule has 25 heavy (non-hydrogen) atoms. The summed E-state index contributed by atoms with van der Waals surface area (Å²) >= 11 is 0. The minimum atomic E-state index is -0.304. The molecule has 0 radical (unpaired) electrons. The maximum Gasteiger partial charge on any atom is 0.490 e. The Morgan fingerprint density at radius 1 is 1.20 bits per heavy atom.